The van der Waals surface area contributed by atoms with Crippen molar-refractivity contribution >= 4 is 23.2 Å². The molecular weight excluding hydrogens is 260 g/mol. The largest absolute Gasteiger partial charge is 0.356 e. The normalized spacial score (nSPS) is 27.4. The Labute approximate surface area is 116 Å². The summed E-state index contributed by atoms with van der Waals surface area (Å²) in [5.41, 5.74) is -0.204. The number of thiophene rings is 1. The van der Waals surface area contributed by atoms with E-state index in [-0.39, 0.29) is 17.2 Å². The standard InChI is InChI=1S/C14H18N2O2S/c17-12(11-3-1-10-19-11)16-8-2-4-14(6-9-16)5-7-15-13(14)18/h1,3,10H,2,4-9H2,(H,15,18)/t14-/m0/s1. The minimum atomic E-state index is -0.204. The summed E-state index contributed by atoms with van der Waals surface area (Å²) in [7, 11) is 0. The van der Waals surface area contributed by atoms with E-state index < -0.39 is 0 Å². The lowest BCUT2D eigenvalue weighted by molar-refractivity contribution is -0.128. The SMILES string of the molecule is O=C(c1cccs1)N1CCC[C@]2(CCNC2=O)CC1. The molecule has 2 fully saturated rings. The van der Waals surface area contributed by atoms with Crippen LogP contribution in [0.15, 0.2) is 17.5 Å². The van der Waals surface area contributed by atoms with Gasteiger partial charge < -0.3 is 10.2 Å². The maximum Gasteiger partial charge on any atom is 0.263 e. The second-order valence-electron chi connectivity index (χ2n) is 5.41. The highest BCUT2D eigenvalue weighted by molar-refractivity contribution is 7.12. The summed E-state index contributed by atoms with van der Waals surface area (Å²) in [6.45, 7) is 2.26. The Morgan fingerprint density at radius 1 is 1.32 bits per heavy atom. The fourth-order valence-electron chi connectivity index (χ4n) is 3.15. The van der Waals surface area contributed by atoms with E-state index in [4.69, 9.17) is 0 Å². The number of nitrogens with zero attached hydrogens (tertiary/aromatic N) is 1. The van der Waals surface area contributed by atoms with Crippen molar-refractivity contribution in [3.05, 3.63) is 22.4 Å². The van der Waals surface area contributed by atoms with Gasteiger partial charge in [-0.2, -0.15) is 0 Å². The van der Waals surface area contributed by atoms with Gasteiger partial charge in [-0.05, 0) is 37.1 Å². The van der Waals surface area contributed by atoms with Crippen LogP contribution in [0.25, 0.3) is 0 Å². The Morgan fingerprint density at radius 3 is 2.89 bits per heavy atom. The van der Waals surface area contributed by atoms with Gasteiger partial charge in [0, 0.05) is 19.6 Å². The molecular formula is C14H18N2O2S. The molecule has 2 amide bonds. The average Bonchev–Trinajstić information content (AvgIpc) is 2.98. The first kappa shape index (κ1) is 12.7. The van der Waals surface area contributed by atoms with Gasteiger partial charge in [0.2, 0.25) is 5.91 Å². The van der Waals surface area contributed by atoms with Gasteiger partial charge in [0.05, 0.1) is 10.3 Å². The molecule has 5 heteroatoms. The first-order valence-corrected chi connectivity index (χ1v) is 7.70. The summed E-state index contributed by atoms with van der Waals surface area (Å²) in [4.78, 5) is 27.0. The van der Waals surface area contributed by atoms with Crippen molar-refractivity contribution < 1.29 is 9.59 Å². The molecule has 0 aromatic carbocycles. The number of likely N-dealkylation sites (tertiary alicyclic amines) is 1. The summed E-state index contributed by atoms with van der Waals surface area (Å²) in [6, 6.07) is 3.78. The molecule has 0 aliphatic carbocycles. The van der Waals surface area contributed by atoms with Crippen molar-refractivity contribution in [3.8, 4) is 0 Å². The first-order valence-electron chi connectivity index (χ1n) is 6.82. The maximum absolute atomic E-state index is 12.3. The van der Waals surface area contributed by atoms with Crippen LogP contribution in [0.4, 0.5) is 0 Å². The summed E-state index contributed by atoms with van der Waals surface area (Å²) >= 11 is 1.49. The summed E-state index contributed by atoms with van der Waals surface area (Å²) in [5, 5.41) is 4.87. The Kier molecular flexibility index (Phi) is 3.31. The van der Waals surface area contributed by atoms with Gasteiger partial charge >= 0.3 is 0 Å². The zero-order valence-corrected chi connectivity index (χ0v) is 11.7. The zero-order valence-electron chi connectivity index (χ0n) is 10.9. The van der Waals surface area contributed by atoms with Crippen LogP contribution < -0.4 is 5.32 Å². The van der Waals surface area contributed by atoms with E-state index in [1.165, 1.54) is 11.3 Å². The Morgan fingerprint density at radius 2 is 2.21 bits per heavy atom. The molecule has 2 saturated heterocycles. The highest BCUT2D eigenvalue weighted by Crippen LogP contribution is 2.38. The lowest BCUT2D eigenvalue weighted by atomic mass is 9.79. The molecule has 1 atom stereocenters. The molecule has 1 spiro atoms. The van der Waals surface area contributed by atoms with E-state index >= 15 is 0 Å². The third-order valence-electron chi connectivity index (χ3n) is 4.33. The smallest absolute Gasteiger partial charge is 0.263 e. The lowest BCUT2D eigenvalue weighted by Gasteiger charge is -2.24. The van der Waals surface area contributed by atoms with Gasteiger partial charge in [-0.25, -0.2) is 0 Å². The number of carbonyl (C=O) groups is 2. The minimum absolute atomic E-state index is 0.116. The number of hydrogen-bond acceptors (Lipinski definition) is 3. The monoisotopic (exact) mass is 278 g/mol. The van der Waals surface area contributed by atoms with E-state index in [0.717, 1.165) is 43.6 Å². The Hall–Kier alpha value is -1.36. The molecule has 19 heavy (non-hydrogen) atoms. The number of amides is 2. The van der Waals surface area contributed by atoms with Crippen LogP contribution in [-0.4, -0.2) is 36.3 Å². The molecule has 0 bridgehead atoms. The fourth-order valence-corrected chi connectivity index (χ4v) is 3.84. The predicted molar refractivity (Wildman–Crippen MR) is 74.1 cm³/mol. The Bertz CT molecular complexity index is 486. The van der Waals surface area contributed by atoms with Crippen LogP contribution in [-0.2, 0) is 4.79 Å². The van der Waals surface area contributed by atoms with Gasteiger partial charge in [-0.1, -0.05) is 6.07 Å². The van der Waals surface area contributed by atoms with E-state index in [9.17, 15) is 9.59 Å². The van der Waals surface area contributed by atoms with Crippen LogP contribution in [0.3, 0.4) is 0 Å². The number of carbonyl (C=O) groups excluding carboxylic acids is 2. The highest BCUT2D eigenvalue weighted by atomic mass is 32.1. The van der Waals surface area contributed by atoms with Gasteiger partial charge in [-0.3, -0.25) is 9.59 Å². The molecule has 1 N–H and O–H groups in total. The molecule has 2 aliphatic heterocycles. The maximum atomic E-state index is 12.3. The molecule has 3 rings (SSSR count). The predicted octanol–water partition coefficient (Wildman–Crippen LogP) is 1.88. The summed E-state index contributed by atoms with van der Waals surface area (Å²) < 4.78 is 0. The van der Waals surface area contributed by atoms with Crippen molar-refractivity contribution in [2.24, 2.45) is 5.41 Å². The molecule has 3 heterocycles. The van der Waals surface area contributed by atoms with Crippen molar-refractivity contribution in [2.45, 2.75) is 25.7 Å². The van der Waals surface area contributed by atoms with E-state index in [2.05, 4.69) is 5.32 Å². The fraction of sp³-hybridized carbons (Fsp3) is 0.571. The van der Waals surface area contributed by atoms with E-state index in [0.29, 0.717) is 6.54 Å². The van der Waals surface area contributed by atoms with E-state index in [1.807, 2.05) is 22.4 Å². The molecule has 102 valence electrons. The van der Waals surface area contributed by atoms with Crippen LogP contribution in [0.1, 0.15) is 35.4 Å². The third-order valence-corrected chi connectivity index (χ3v) is 5.19. The lowest BCUT2D eigenvalue weighted by Crippen LogP contribution is -2.34. The van der Waals surface area contributed by atoms with Crippen LogP contribution in [0.5, 0.6) is 0 Å². The third kappa shape index (κ3) is 2.27. The van der Waals surface area contributed by atoms with Crippen LogP contribution in [0, 0.1) is 5.41 Å². The van der Waals surface area contributed by atoms with Crippen molar-refractivity contribution in [1.82, 2.24) is 10.2 Å². The van der Waals surface area contributed by atoms with Gasteiger partial charge in [0.25, 0.3) is 5.91 Å². The van der Waals surface area contributed by atoms with Gasteiger partial charge in [-0.15, -0.1) is 11.3 Å². The number of hydrogen-bond donors (Lipinski definition) is 1. The second kappa shape index (κ2) is 4.96. The van der Waals surface area contributed by atoms with E-state index in [1.54, 1.807) is 0 Å². The average molecular weight is 278 g/mol. The van der Waals surface area contributed by atoms with Crippen molar-refractivity contribution in [1.29, 1.82) is 0 Å². The van der Waals surface area contributed by atoms with Crippen LogP contribution in [0.2, 0.25) is 0 Å². The minimum Gasteiger partial charge on any atom is -0.356 e. The Balaban J connectivity index is 1.71. The summed E-state index contributed by atoms with van der Waals surface area (Å²) in [5.74, 6) is 0.309. The van der Waals surface area contributed by atoms with Gasteiger partial charge in [0.1, 0.15) is 0 Å². The number of rotatable bonds is 1. The quantitative estimate of drug-likeness (QED) is 0.852. The molecule has 1 aromatic heterocycles. The van der Waals surface area contributed by atoms with Crippen molar-refractivity contribution in [2.75, 3.05) is 19.6 Å². The highest BCUT2D eigenvalue weighted by Gasteiger charge is 2.43. The first-order chi connectivity index (χ1) is 9.21. The zero-order chi connectivity index (χ0) is 13.3. The number of nitrogens with one attached hydrogen (secondary N) is 1. The summed E-state index contributed by atoms with van der Waals surface area (Å²) in [6.07, 6.45) is 3.56. The molecule has 1 aromatic rings. The second-order valence-corrected chi connectivity index (χ2v) is 6.36. The molecule has 4 nitrogen and oxygen atoms in total. The van der Waals surface area contributed by atoms with Crippen LogP contribution >= 0.6 is 11.3 Å². The molecule has 0 unspecified atom stereocenters. The topological polar surface area (TPSA) is 49.4 Å². The van der Waals surface area contributed by atoms with Crippen molar-refractivity contribution in [3.63, 3.8) is 0 Å². The molecule has 0 saturated carbocycles. The molecule has 2 aliphatic rings. The molecule has 0 radical (unpaired) electrons. The van der Waals surface area contributed by atoms with Gasteiger partial charge in [0.15, 0.2) is 0 Å².